The number of rotatable bonds is 4. The van der Waals surface area contributed by atoms with E-state index in [0.29, 0.717) is 47.8 Å². The lowest BCUT2D eigenvalue weighted by molar-refractivity contribution is -0.127. The Labute approximate surface area is 188 Å². The molecule has 2 fully saturated rings. The molecule has 31 heavy (non-hydrogen) atoms. The smallest absolute Gasteiger partial charge is 0.244 e. The van der Waals surface area contributed by atoms with E-state index in [2.05, 4.69) is 38.1 Å². The van der Waals surface area contributed by atoms with E-state index in [-0.39, 0.29) is 23.0 Å². The predicted octanol–water partition coefficient (Wildman–Crippen LogP) is 2.34. The van der Waals surface area contributed by atoms with Crippen molar-refractivity contribution < 1.29 is 13.9 Å². The number of anilines is 2. The Hall–Kier alpha value is -2.04. The lowest BCUT2D eigenvalue weighted by Crippen LogP contribution is -2.67. The number of nitrogens with one attached hydrogen (secondary N) is 1. The highest BCUT2D eigenvalue weighted by Crippen LogP contribution is 2.41. The summed E-state index contributed by atoms with van der Waals surface area (Å²) in [4.78, 5) is 27.9. The maximum absolute atomic E-state index is 15.4. The van der Waals surface area contributed by atoms with Crippen LogP contribution in [0.5, 0.6) is 0 Å². The lowest BCUT2D eigenvalue weighted by Gasteiger charge is -2.51. The van der Waals surface area contributed by atoms with Crippen LogP contribution in [-0.2, 0) is 22.7 Å². The van der Waals surface area contributed by atoms with Gasteiger partial charge in [-0.25, -0.2) is 9.37 Å². The van der Waals surface area contributed by atoms with Crippen molar-refractivity contribution in [3.05, 3.63) is 21.4 Å². The van der Waals surface area contributed by atoms with Crippen molar-refractivity contribution in [3.63, 3.8) is 0 Å². The Morgan fingerprint density at radius 2 is 1.97 bits per heavy atom. The first-order valence-electron chi connectivity index (χ1n) is 10.4. The molecule has 2 aromatic rings. The van der Waals surface area contributed by atoms with Crippen LogP contribution < -0.4 is 10.2 Å². The summed E-state index contributed by atoms with van der Waals surface area (Å²) in [5.74, 6) is 0.567. The SMILES string of the molecule is CN1CC[C@@H](Nc2nc(N3CC(C)(N(C)C)C3)nc3c(F)c(Br)c4c(c23)COC4)C1=O. The molecule has 1 aromatic heterocycles. The van der Waals surface area contributed by atoms with Crippen LogP contribution in [0.3, 0.4) is 0 Å². The van der Waals surface area contributed by atoms with Gasteiger partial charge in [0, 0.05) is 32.2 Å². The number of benzene rings is 1. The fourth-order valence-electron chi connectivity index (χ4n) is 4.55. The van der Waals surface area contributed by atoms with Gasteiger partial charge < -0.3 is 24.8 Å². The van der Waals surface area contributed by atoms with Gasteiger partial charge in [-0.1, -0.05) is 0 Å². The molecule has 0 spiro atoms. The number of carbonyl (C=O) groups excluding carboxylic acids is 1. The van der Waals surface area contributed by atoms with Gasteiger partial charge in [-0.3, -0.25) is 4.79 Å². The van der Waals surface area contributed by atoms with Gasteiger partial charge in [0.05, 0.1) is 28.6 Å². The highest BCUT2D eigenvalue weighted by Gasteiger charge is 2.42. The summed E-state index contributed by atoms with van der Waals surface area (Å²) in [6.45, 7) is 5.05. The molecule has 3 aliphatic rings. The highest BCUT2D eigenvalue weighted by molar-refractivity contribution is 9.10. The predicted molar refractivity (Wildman–Crippen MR) is 120 cm³/mol. The van der Waals surface area contributed by atoms with Gasteiger partial charge in [0.25, 0.3) is 0 Å². The number of hydrogen-bond donors (Lipinski definition) is 1. The topological polar surface area (TPSA) is 73.8 Å². The largest absolute Gasteiger partial charge is 0.372 e. The van der Waals surface area contributed by atoms with E-state index in [9.17, 15) is 4.79 Å². The average molecular weight is 493 g/mol. The van der Waals surface area contributed by atoms with E-state index < -0.39 is 5.82 Å². The second-order valence-corrected chi connectivity index (χ2v) is 9.96. The van der Waals surface area contributed by atoms with Crippen LogP contribution in [0.4, 0.5) is 16.2 Å². The summed E-state index contributed by atoms with van der Waals surface area (Å²) in [7, 11) is 5.89. The van der Waals surface area contributed by atoms with E-state index in [1.165, 1.54) is 0 Å². The molecule has 0 bridgehead atoms. The molecule has 0 unspecified atom stereocenters. The van der Waals surface area contributed by atoms with Crippen LogP contribution in [-0.4, -0.2) is 78.0 Å². The number of ether oxygens (including phenoxy) is 1. The minimum Gasteiger partial charge on any atom is -0.372 e. The van der Waals surface area contributed by atoms with Gasteiger partial charge >= 0.3 is 0 Å². The number of amides is 1. The second-order valence-electron chi connectivity index (χ2n) is 9.17. The van der Waals surface area contributed by atoms with E-state index in [0.717, 1.165) is 24.2 Å². The van der Waals surface area contributed by atoms with Gasteiger partial charge in [-0.2, -0.15) is 4.98 Å². The lowest BCUT2D eigenvalue weighted by atomic mass is 9.91. The monoisotopic (exact) mass is 492 g/mol. The zero-order valence-electron chi connectivity index (χ0n) is 18.1. The van der Waals surface area contributed by atoms with E-state index in [1.54, 1.807) is 11.9 Å². The maximum Gasteiger partial charge on any atom is 0.244 e. The minimum atomic E-state index is -0.420. The van der Waals surface area contributed by atoms with Crippen molar-refractivity contribution in [2.75, 3.05) is 51.0 Å². The van der Waals surface area contributed by atoms with Crippen LogP contribution in [0, 0.1) is 5.82 Å². The zero-order chi connectivity index (χ0) is 22.1. The Morgan fingerprint density at radius 1 is 1.26 bits per heavy atom. The third kappa shape index (κ3) is 3.18. The molecular formula is C21H26BrFN6O2. The number of likely N-dealkylation sites (tertiary alicyclic amines) is 1. The standard InChI is InChI=1S/C21H26BrFN6O2/c1-21(27(2)3)9-29(10-21)20-25-17-14(11-7-31-8-12(11)15(22)16(17)23)18(26-20)24-13-5-6-28(4)19(13)30/h13H,5-10H2,1-4H3,(H,24,25,26)/t13-/m1/s1. The van der Waals surface area contributed by atoms with Gasteiger partial charge in [0.1, 0.15) is 17.4 Å². The average Bonchev–Trinajstić information content (AvgIpc) is 3.31. The Bertz CT molecular complexity index is 1090. The highest BCUT2D eigenvalue weighted by atomic mass is 79.9. The fourth-order valence-corrected chi connectivity index (χ4v) is 5.09. The van der Waals surface area contributed by atoms with Crippen molar-refractivity contribution in [1.29, 1.82) is 0 Å². The van der Waals surface area contributed by atoms with Crippen LogP contribution in [0.25, 0.3) is 10.9 Å². The number of hydrogen-bond acceptors (Lipinski definition) is 7. The first kappa shape index (κ1) is 20.8. The van der Waals surface area contributed by atoms with Crippen LogP contribution in [0.15, 0.2) is 4.47 Å². The molecule has 1 atom stereocenters. The van der Waals surface area contributed by atoms with Gasteiger partial charge in [0.15, 0.2) is 5.82 Å². The van der Waals surface area contributed by atoms with Crippen molar-refractivity contribution >= 4 is 44.5 Å². The normalized spacial score (nSPS) is 22.4. The summed E-state index contributed by atoms with van der Waals surface area (Å²) in [5.41, 5.74) is 1.92. The molecule has 1 amide bonds. The molecule has 0 radical (unpaired) electrons. The Morgan fingerprint density at radius 3 is 2.61 bits per heavy atom. The summed E-state index contributed by atoms with van der Waals surface area (Å²) >= 11 is 3.40. The van der Waals surface area contributed by atoms with Crippen LogP contribution >= 0.6 is 15.9 Å². The third-order valence-electron chi connectivity index (χ3n) is 6.89. The summed E-state index contributed by atoms with van der Waals surface area (Å²) in [6.07, 6.45) is 0.677. The minimum absolute atomic E-state index is 0.0148. The molecule has 4 heterocycles. The molecule has 8 nitrogen and oxygen atoms in total. The Kier molecular flexibility index (Phi) is 4.87. The quantitative estimate of drug-likeness (QED) is 0.701. The van der Waals surface area contributed by atoms with Gasteiger partial charge in [0.2, 0.25) is 11.9 Å². The van der Waals surface area contributed by atoms with Crippen LogP contribution in [0.2, 0.25) is 0 Å². The number of aromatic nitrogens is 2. The summed E-state index contributed by atoms with van der Waals surface area (Å²) in [6, 6.07) is -0.385. The van der Waals surface area contributed by atoms with Crippen LogP contribution in [0.1, 0.15) is 24.5 Å². The molecule has 166 valence electrons. The third-order valence-corrected chi connectivity index (χ3v) is 7.71. The van der Waals surface area contributed by atoms with Gasteiger partial charge in [-0.15, -0.1) is 0 Å². The van der Waals surface area contributed by atoms with Gasteiger partial charge in [-0.05, 0) is 48.9 Å². The van der Waals surface area contributed by atoms with E-state index in [4.69, 9.17) is 9.72 Å². The van der Waals surface area contributed by atoms with Crippen molar-refractivity contribution in [1.82, 2.24) is 19.8 Å². The van der Waals surface area contributed by atoms with Crippen molar-refractivity contribution in [3.8, 4) is 0 Å². The molecule has 0 aliphatic carbocycles. The fraction of sp³-hybridized carbons (Fsp3) is 0.571. The molecule has 1 N–H and O–H groups in total. The zero-order valence-corrected chi connectivity index (χ0v) is 19.7. The first-order chi connectivity index (χ1) is 14.7. The number of halogens is 2. The number of likely N-dealkylation sites (N-methyl/N-ethyl adjacent to an activating group) is 2. The number of nitrogens with zero attached hydrogens (tertiary/aromatic N) is 5. The maximum atomic E-state index is 15.4. The second kappa shape index (κ2) is 7.25. The summed E-state index contributed by atoms with van der Waals surface area (Å²) in [5, 5.41) is 3.92. The van der Waals surface area contributed by atoms with Crippen molar-refractivity contribution in [2.45, 2.75) is 38.1 Å². The molecule has 10 heteroatoms. The first-order valence-corrected chi connectivity index (χ1v) is 11.2. The molecule has 2 saturated heterocycles. The molecular weight excluding hydrogens is 467 g/mol. The number of fused-ring (bicyclic) bond motifs is 3. The summed E-state index contributed by atoms with van der Waals surface area (Å²) < 4.78 is 21.4. The molecule has 5 rings (SSSR count). The van der Waals surface area contributed by atoms with Crippen molar-refractivity contribution in [2.24, 2.45) is 0 Å². The van der Waals surface area contributed by atoms with E-state index in [1.807, 2.05) is 19.0 Å². The Balaban J connectivity index is 1.63. The molecule has 0 saturated carbocycles. The molecule has 3 aliphatic heterocycles. The molecule has 1 aromatic carbocycles. The van der Waals surface area contributed by atoms with E-state index >= 15 is 4.39 Å². The number of carbonyl (C=O) groups is 1.